The molecule has 0 unspecified atom stereocenters. The largest absolute Gasteiger partial charge is 0.399 e. The van der Waals surface area contributed by atoms with Gasteiger partial charge in [0.2, 0.25) is 5.16 Å². The first-order valence-electron chi connectivity index (χ1n) is 3.87. The highest BCUT2D eigenvalue weighted by molar-refractivity contribution is 7.99. The van der Waals surface area contributed by atoms with E-state index in [9.17, 15) is 0 Å². The second kappa shape index (κ2) is 3.62. The van der Waals surface area contributed by atoms with Gasteiger partial charge in [0.05, 0.1) is 0 Å². The molecule has 2 heterocycles. The monoisotopic (exact) mass is 208 g/mol. The van der Waals surface area contributed by atoms with Gasteiger partial charge in [-0.3, -0.25) is 0 Å². The zero-order valence-corrected chi connectivity index (χ0v) is 8.27. The van der Waals surface area contributed by atoms with E-state index in [0.29, 0.717) is 10.8 Å². The lowest BCUT2D eigenvalue weighted by Gasteiger charge is -1.98. The van der Waals surface area contributed by atoms with E-state index in [2.05, 4.69) is 20.5 Å². The van der Waals surface area contributed by atoms with E-state index in [1.54, 1.807) is 30.1 Å². The van der Waals surface area contributed by atoms with Gasteiger partial charge in [0, 0.05) is 18.9 Å². The van der Waals surface area contributed by atoms with Crippen molar-refractivity contribution in [2.24, 2.45) is 7.05 Å². The third-order valence-corrected chi connectivity index (χ3v) is 2.50. The summed E-state index contributed by atoms with van der Waals surface area (Å²) < 4.78 is 1.58. The molecular formula is C7H8N6S. The van der Waals surface area contributed by atoms with Crippen LogP contribution >= 0.6 is 11.8 Å². The molecule has 0 aliphatic rings. The molecule has 0 fully saturated rings. The van der Waals surface area contributed by atoms with Crippen molar-refractivity contribution in [1.29, 1.82) is 0 Å². The molecule has 0 bridgehead atoms. The molecule has 0 saturated carbocycles. The zero-order chi connectivity index (χ0) is 9.97. The van der Waals surface area contributed by atoms with Gasteiger partial charge in [-0.25, -0.2) is 9.67 Å². The standard InChI is InChI=1S/C7H8N6S/c1-13-7(10-11-12-13)14-6-4-5(8)2-3-9-6/h2-4H,1H3,(H2,8,9). The summed E-state index contributed by atoms with van der Waals surface area (Å²) >= 11 is 1.37. The summed E-state index contributed by atoms with van der Waals surface area (Å²) in [6, 6.07) is 3.51. The van der Waals surface area contributed by atoms with Crippen LogP contribution in [0.3, 0.4) is 0 Å². The maximum absolute atomic E-state index is 5.61. The molecular weight excluding hydrogens is 200 g/mol. The maximum Gasteiger partial charge on any atom is 0.215 e. The van der Waals surface area contributed by atoms with E-state index in [0.717, 1.165) is 5.03 Å². The molecule has 0 aliphatic carbocycles. The van der Waals surface area contributed by atoms with Crippen LogP contribution < -0.4 is 5.73 Å². The molecule has 2 rings (SSSR count). The van der Waals surface area contributed by atoms with Gasteiger partial charge in [-0.1, -0.05) is 0 Å². The van der Waals surface area contributed by atoms with Crippen LogP contribution in [0.2, 0.25) is 0 Å². The number of pyridine rings is 1. The molecule has 2 aromatic heterocycles. The van der Waals surface area contributed by atoms with E-state index in [4.69, 9.17) is 5.73 Å². The Labute approximate surface area is 84.5 Å². The third-order valence-electron chi connectivity index (χ3n) is 1.54. The zero-order valence-electron chi connectivity index (χ0n) is 7.45. The van der Waals surface area contributed by atoms with Gasteiger partial charge in [0.15, 0.2) is 0 Å². The predicted molar refractivity (Wildman–Crippen MR) is 51.6 cm³/mol. The van der Waals surface area contributed by atoms with E-state index < -0.39 is 0 Å². The first-order valence-corrected chi connectivity index (χ1v) is 4.69. The van der Waals surface area contributed by atoms with E-state index >= 15 is 0 Å². The lowest BCUT2D eigenvalue weighted by molar-refractivity contribution is 0.664. The summed E-state index contributed by atoms with van der Waals surface area (Å²) in [7, 11) is 1.77. The van der Waals surface area contributed by atoms with Crippen molar-refractivity contribution < 1.29 is 0 Å². The number of hydrogen-bond donors (Lipinski definition) is 1. The fourth-order valence-electron chi connectivity index (χ4n) is 0.882. The van der Waals surface area contributed by atoms with Crippen molar-refractivity contribution in [2.75, 3.05) is 5.73 Å². The Morgan fingerprint density at radius 3 is 3.00 bits per heavy atom. The summed E-state index contributed by atoms with van der Waals surface area (Å²) in [5.41, 5.74) is 6.29. The average molecular weight is 208 g/mol. The van der Waals surface area contributed by atoms with E-state index in [1.165, 1.54) is 11.8 Å². The van der Waals surface area contributed by atoms with Crippen molar-refractivity contribution in [1.82, 2.24) is 25.2 Å². The van der Waals surface area contributed by atoms with Gasteiger partial charge < -0.3 is 5.73 Å². The molecule has 2 aromatic rings. The molecule has 0 aromatic carbocycles. The highest BCUT2D eigenvalue weighted by Crippen LogP contribution is 2.23. The second-order valence-corrected chi connectivity index (χ2v) is 3.60. The van der Waals surface area contributed by atoms with Gasteiger partial charge in [-0.15, -0.1) is 5.10 Å². The molecule has 72 valence electrons. The summed E-state index contributed by atoms with van der Waals surface area (Å²) in [6.07, 6.45) is 1.65. The molecule has 0 radical (unpaired) electrons. The van der Waals surface area contributed by atoms with E-state index in [1.807, 2.05) is 0 Å². The summed E-state index contributed by atoms with van der Waals surface area (Å²) in [5, 5.41) is 12.5. The maximum atomic E-state index is 5.61. The van der Waals surface area contributed by atoms with Crippen molar-refractivity contribution in [2.45, 2.75) is 10.2 Å². The molecule has 6 nitrogen and oxygen atoms in total. The first-order chi connectivity index (χ1) is 6.75. The molecule has 0 spiro atoms. The number of hydrogen-bond acceptors (Lipinski definition) is 6. The Bertz CT molecular complexity index is 439. The van der Waals surface area contributed by atoms with Gasteiger partial charge in [-0.05, 0) is 34.3 Å². The van der Waals surface area contributed by atoms with Gasteiger partial charge in [-0.2, -0.15) is 0 Å². The minimum atomic E-state index is 0.678. The van der Waals surface area contributed by atoms with Gasteiger partial charge in [0.25, 0.3) is 0 Å². The van der Waals surface area contributed by atoms with Crippen molar-refractivity contribution in [3.05, 3.63) is 18.3 Å². The number of nitrogens with two attached hydrogens (primary N) is 1. The lowest BCUT2D eigenvalue weighted by Crippen LogP contribution is -1.93. The van der Waals surface area contributed by atoms with Gasteiger partial charge in [0.1, 0.15) is 5.03 Å². The van der Waals surface area contributed by atoms with Crippen LogP contribution in [-0.2, 0) is 7.05 Å². The quantitative estimate of drug-likeness (QED) is 0.766. The van der Waals surface area contributed by atoms with Crippen LogP contribution in [-0.4, -0.2) is 25.2 Å². The Hall–Kier alpha value is -1.63. The molecule has 0 aliphatic heterocycles. The number of nitrogens with zero attached hydrogens (tertiary/aromatic N) is 5. The Balaban J connectivity index is 2.23. The number of aromatic nitrogens is 5. The van der Waals surface area contributed by atoms with Crippen LogP contribution in [0.25, 0.3) is 0 Å². The third kappa shape index (κ3) is 1.82. The molecule has 0 amide bonds. The summed E-state index contributed by atoms with van der Waals surface area (Å²) in [5.74, 6) is 0. The normalized spacial score (nSPS) is 10.4. The molecule has 0 saturated heterocycles. The van der Waals surface area contributed by atoms with E-state index in [-0.39, 0.29) is 0 Å². The molecule has 14 heavy (non-hydrogen) atoms. The topological polar surface area (TPSA) is 82.5 Å². The Morgan fingerprint density at radius 1 is 1.50 bits per heavy atom. The first kappa shape index (κ1) is 8.95. The fourth-order valence-corrected chi connectivity index (χ4v) is 1.62. The fraction of sp³-hybridized carbons (Fsp3) is 0.143. The number of anilines is 1. The van der Waals surface area contributed by atoms with Crippen LogP contribution in [0.1, 0.15) is 0 Å². The van der Waals surface area contributed by atoms with Crippen molar-refractivity contribution >= 4 is 17.4 Å². The lowest BCUT2D eigenvalue weighted by atomic mass is 10.4. The van der Waals surface area contributed by atoms with Crippen LogP contribution in [0, 0.1) is 0 Å². The van der Waals surface area contributed by atoms with Crippen LogP contribution in [0.5, 0.6) is 0 Å². The van der Waals surface area contributed by atoms with Crippen LogP contribution in [0.15, 0.2) is 28.5 Å². The molecule has 2 N–H and O–H groups in total. The number of aryl methyl sites for hydroxylation is 1. The Morgan fingerprint density at radius 2 is 2.36 bits per heavy atom. The molecule has 0 atom stereocenters. The van der Waals surface area contributed by atoms with Crippen molar-refractivity contribution in [3.8, 4) is 0 Å². The Kier molecular flexibility index (Phi) is 2.32. The highest BCUT2D eigenvalue weighted by Gasteiger charge is 2.05. The predicted octanol–water partition coefficient (Wildman–Crippen LogP) is 0.338. The summed E-state index contributed by atoms with van der Waals surface area (Å²) in [4.78, 5) is 4.13. The average Bonchev–Trinajstić information content (AvgIpc) is 2.52. The number of rotatable bonds is 2. The number of nitrogen functional groups attached to an aromatic ring is 1. The SMILES string of the molecule is Cn1nnnc1Sc1cc(N)ccn1. The highest BCUT2D eigenvalue weighted by atomic mass is 32.2. The van der Waals surface area contributed by atoms with Crippen molar-refractivity contribution in [3.63, 3.8) is 0 Å². The smallest absolute Gasteiger partial charge is 0.215 e. The minimum absolute atomic E-state index is 0.678. The second-order valence-electron chi connectivity index (χ2n) is 2.61. The molecule has 7 heteroatoms. The summed E-state index contributed by atoms with van der Waals surface area (Å²) in [6.45, 7) is 0. The van der Waals surface area contributed by atoms with Crippen LogP contribution in [0.4, 0.5) is 5.69 Å². The number of tetrazole rings is 1. The minimum Gasteiger partial charge on any atom is -0.399 e. The van der Waals surface area contributed by atoms with Gasteiger partial charge >= 0.3 is 0 Å².